The van der Waals surface area contributed by atoms with Crippen LogP contribution in [0.2, 0.25) is 0 Å². The first kappa shape index (κ1) is 15.7. The Balaban J connectivity index is 2.67. The van der Waals surface area contributed by atoms with Crippen molar-refractivity contribution in [2.45, 2.75) is 59.7 Å². The standard InChI is InChI=1S/C14H26N4O/c1-6-7-10(2)16-14(19)9-18-12(4)13(8-15-5)11(3)17-18/h10,15H,6-9H2,1-5H3,(H,16,19). The van der Waals surface area contributed by atoms with Crippen molar-refractivity contribution in [3.05, 3.63) is 17.0 Å². The predicted octanol–water partition coefficient (Wildman–Crippen LogP) is 1.52. The summed E-state index contributed by atoms with van der Waals surface area (Å²) < 4.78 is 1.79. The van der Waals surface area contributed by atoms with Crippen molar-refractivity contribution < 1.29 is 4.79 Å². The Morgan fingerprint density at radius 3 is 2.68 bits per heavy atom. The number of aryl methyl sites for hydroxylation is 1. The zero-order chi connectivity index (χ0) is 14.4. The van der Waals surface area contributed by atoms with E-state index in [-0.39, 0.29) is 11.9 Å². The number of carbonyl (C=O) groups is 1. The van der Waals surface area contributed by atoms with Gasteiger partial charge in [0.15, 0.2) is 0 Å². The molecule has 0 bridgehead atoms. The first-order valence-electron chi connectivity index (χ1n) is 6.96. The fourth-order valence-electron chi connectivity index (χ4n) is 2.28. The van der Waals surface area contributed by atoms with Crippen molar-refractivity contribution in [3.8, 4) is 0 Å². The van der Waals surface area contributed by atoms with Gasteiger partial charge in [0.05, 0.1) is 5.69 Å². The molecule has 0 spiro atoms. The number of amides is 1. The lowest BCUT2D eigenvalue weighted by molar-refractivity contribution is -0.122. The van der Waals surface area contributed by atoms with E-state index in [2.05, 4.69) is 22.7 Å². The molecular weight excluding hydrogens is 240 g/mol. The van der Waals surface area contributed by atoms with Gasteiger partial charge in [-0.3, -0.25) is 9.48 Å². The topological polar surface area (TPSA) is 59.0 Å². The molecule has 1 aromatic heterocycles. The largest absolute Gasteiger partial charge is 0.352 e. The Kier molecular flexibility index (Phi) is 6.02. The summed E-state index contributed by atoms with van der Waals surface area (Å²) in [4.78, 5) is 11.9. The second-order valence-electron chi connectivity index (χ2n) is 5.09. The molecule has 2 N–H and O–H groups in total. The van der Waals surface area contributed by atoms with Crippen molar-refractivity contribution in [2.75, 3.05) is 7.05 Å². The molecule has 1 atom stereocenters. The van der Waals surface area contributed by atoms with Crippen molar-refractivity contribution in [1.82, 2.24) is 20.4 Å². The summed E-state index contributed by atoms with van der Waals surface area (Å²) in [7, 11) is 1.91. The molecular formula is C14H26N4O. The van der Waals surface area contributed by atoms with Gasteiger partial charge in [-0.1, -0.05) is 13.3 Å². The van der Waals surface area contributed by atoms with E-state index < -0.39 is 0 Å². The number of hydrogen-bond acceptors (Lipinski definition) is 3. The number of aromatic nitrogens is 2. The minimum atomic E-state index is 0.0301. The molecule has 1 heterocycles. The number of rotatable bonds is 7. The van der Waals surface area contributed by atoms with Crippen molar-refractivity contribution in [3.63, 3.8) is 0 Å². The van der Waals surface area contributed by atoms with Gasteiger partial charge >= 0.3 is 0 Å². The Labute approximate surface area is 115 Å². The van der Waals surface area contributed by atoms with Gasteiger partial charge in [-0.15, -0.1) is 0 Å². The first-order chi connectivity index (χ1) is 8.99. The Bertz CT molecular complexity index is 425. The van der Waals surface area contributed by atoms with Crippen LogP contribution in [0, 0.1) is 13.8 Å². The highest BCUT2D eigenvalue weighted by atomic mass is 16.2. The van der Waals surface area contributed by atoms with Gasteiger partial charge in [0.1, 0.15) is 6.54 Å². The minimum absolute atomic E-state index is 0.0301. The first-order valence-corrected chi connectivity index (χ1v) is 6.96. The summed E-state index contributed by atoms with van der Waals surface area (Å²) in [6.07, 6.45) is 2.08. The highest BCUT2D eigenvalue weighted by Crippen LogP contribution is 2.12. The van der Waals surface area contributed by atoms with Crippen LogP contribution in [0.1, 0.15) is 43.6 Å². The Morgan fingerprint density at radius 1 is 1.42 bits per heavy atom. The van der Waals surface area contributed by atoms with Gasteiger partial charge in [0.25, 0.3) is 0 Å². The van der Waals surface area contributed by atoms with E-state index in [9.17, 15) is 4.79 Å². The highest BCUT2D eigenvalue weighted by molar-refractivity contribution is 5.76. The maximum absolute atomic E-state index is 11.9. The molecule has 0 radical (unpaired) electrons. The predicted molar refractivity (Wildman–Crippen MR) is 77.0 cm³/mol. The van der Waals surface area contributed by atoms with E-state index in [0.717, 1.165) is 30.8 Å². The van der Waals surface area contributed by atoms with Gasteiger partial charge in [-0.05, 0) is 34.2 Å². The smallest absolute Gasteiger partial charge is 0.241 e. The van der Waals surface area contributed by atoms with E-state index in [1.807, 2.05) is 27.8 Å². The van der Waals surface area contributed by atoms with Crippen LogP contribution in [-0.2, 0) is 17.9 Å². The zero-order valence-electron chi connectivity index (χ0n) is 12.7. The fourth-order valence-corrected chi connectivity index (χ4v) is 2.28. The van der Waals surface area contributed by atoms with Crippen LogP contribution >= 0.6 is 0 Å². The molecule has 1 amide bonds. The van der Waals surface area contributed by atoms with E-state index >= 15 is 0 Å². The number of nitrogens with one attached hydrogen (secondary N) is 2. The maximum atomic E-state index is 11.9. The molecule has 0 aliphatic heterocycles. The third kappa shape index (κ3) is 4.35. The average molecular weight is 266 g/mol. The van der Waals surface area contributed by atoms with Crippen LogP contribution in [-0.4, -0.2) is 28.8 Å². The lowest BCUT2D eigenvalue weighted by Crippen LogP contribution is -2.35. The summed E-state index contributed by atoms with van der Waals surface area (Å²) in [6.45, 7) is 9.22. The van der Waals surface area contributed by atoms with Crippen LogP contribution in [0.15, 0.2) is 0 Å². The lowest BCUT2D eigenvalue weighted by Gasteiger charge is -2.13. The molecule has 0 saturated carbocycles. The van der Waals surface area contributed by atoms with Crippen LogP contribution in [0.5, 0.6) is 0 Å². The Morgan fingerprint density at radius 2 is 2.11 bits per heavy atom. The molecule has 1 rings (SSSR count). The zero-order valence-corrected chi connectivity index (χ0v) is 12.7. The maximum Gasteiger partial charge on any atom is 0.241 e. The molecule has 0 fully saturated rings. The molecule has 1 aromatic rings. The molecule has 1 unspecified atom stereocenters. The minimum Gasteiger partial charge on any atom is -0.352 e. The average Bonchev–Trinajstić information content (AvgIpc) is 2.57. The van der Waals surface area contributed by atoms with Crippen LogP contribution in [0.4, 0.5) is 0 Å². The number of carbonyl (C=O) groups excluding carboxylic acids is 1. The lowest BCUT2D eigenvalue weighted by atomic mass is 10.2. The molecule has 108 valence electrons. The molecule has 0 aliphatic rings. The van der Waals surface area contributed by atoms with Gasteiger partial charge in [-0.25, -0.2) is 0 Å². The van der Waals surface area contributed by atoms with E-state index in [0.29, 0.717) is 6.54 Å². The van der Waals surface area contributed by atoms with Gasteiger partial charge in [0, 0.05) is 23.8 Å². The van der Waals surface area contributed by atoms with Crippen molar-refractivity contribution >= 4 is 5.91 Å². The van der Waals surface area contributed by atoms with E-state index in [1.54, 1.807) is 4.68 Å². The van der Waals surface area contributed by atoms with Crippen molar-refractivity contribution in [2.24, 2.45) is 0 Å². The SMILES string of the molecule is CCCC(C)NC(=O)Cn1nc(C)c(CNC)c1C. The number of nitrogens with zero attached hydrogens (tertiary/aromatic N) is 2. The third-order valence-corrected chi connectivity index (χ3v) is 3.31. The summed E-state index contributed by atoms with van der Waals surface area (Å²) in [5.74, 6) is 0.0301. The monoisotopic (exact) mass is 266 g/mol. The molecule has 19 heavy (non-hydrogen) atoms. The molecule has 0 aliphatic carbocycles. The number of hydrogen-bond donors (Lipinski definition) is 2. The van der Waals surface area contributed by atoms with E-state index in [4.69, 9.17) is 0 Å². The summed E-state index contributed by atoms with van der Waals surface area (Å²) >= 11 is 0. The van der Waals surface area contributed by atoms with Gasteiger partial charge < -0.3 is 10.6 Å². The quantitative estimate of drug-likeness (QED) is 0.787. The summed E-state index contributed by atoms with van der Waals surface area (Å²) in [6, 6.07) is 0.228. The van der Waals surface area contributed by atoms with Crippen molar-refractivity contribution in [1.29, 1.82) is 0 Å². The van der Waals surface area contributed by atoms with Crippen LogP contribution < -0.4 is 10.6 Å². The highest BCUT2D eigenvalue weighted by Gasteiger charge is 2.14. The second kappa shape index (κ2) is 7.28. The Hall–Kier alpha value is -1.36. The molecule has 5 heteroatoms. The molecule has 5 nitrogen and oxygen atoms in total. The normalized spacial score (nSPS) is 12.5. The van der Waals surface area contributed by atoms with Gasteiger partial charge in [0.2, 0.25) is 5.91 Å². The van der Waals surface area contributed by atoms with E-state index in [1.165, 1.54) is 5.56 Å². The summed E-state index contributed by atoms with van der Waals surface area (Å²) in [5.41, 5.74) is 3.23. The summed E-state index contributed by atoms with van der Waals surface area (Å²) in [5, 5.41) is 10.6. The van der Waals surface area contributed by atoms with Crippen LogP contribution in [0.3, 0.4) is 0 Å². The van der Waals surface area contributed by atoms with Crippen LogP contribution in [0.25, 0.3) is 0 Å². The van der Waals surface area contributed by atoms with Gasteiger partial charge in [-0.2, -0.15) is 5.10 Å². The molecule has 0 aromatic carbocycles. The molecule has 0 saturated heterocycles. The second-order valence-corrected chi connectivity index (χ2v) is 5.09. The fraction of sp³-hybridized carbons (Fsp3) is 0.714. The third-order valence-electron chi connectivity index (χ3n) is 3.31.